The third kappa shape index (κ3) is 5.28. The third-order valence-corrected chi connectivity index (χ3v) is 2.72. The summed E-state index contributed by atoms with van der Waals surface area (Å²) in [4.78, 5) is 24.1. The Kier molecular flexibility index (Phi) is 6.32. The predicted molar refractivity (Wildman–Crippen MR) is 74.6 cm³/mol. The summed E-state index contributed by atoms with van der Waals surface area (Å²) in [5.74, 6) is -1.30. The lowest BCUT2D eigenvalue weighted by Crippen LogP contribution is -2.37. The number of halogens is 1. The van der Waals surface area contributed by atoms with Gasteiger partial charge in [0.2, 0.25) is 5.91 Å². The molecule has 6 heteroatoms. The van der Waals surface area contributed by atoms with E-state index in [2.05, 4.69) is 5.32 Å². The number of nitrogens with zero attached hydrogens (tertiary/aromatic N) is 1. The number of hydrogen-bond acceptors (Lipinski definition) is 3. The van der Waals surface area contributed by atoms with Crippen LogP contribution in [0.15, 0.2) is 24.3 Å². The van der Waals surface area contributed by atoms with Gasteiger partial charge in [0.1, 0.15) is 6.54 Å². The monoisotopic (exact) mass is 284 g/mol. The van der Waals surface area contributed by atoms with Crippen molar-refractivity contribution in [1.82, 2.24) is 5.32 Å². The summed E-state index contributed by atoms with van der Waals surface area (Å²) >= 11 is 5.86. The molecule has 0 bridgehead atoms. The van der Waals surface area contributed by atoms with Crippen LogP contribution in [-0.4, -0.2) is 36.6 Å². The fourth-order valence-corrected chi connectivity index (χ4v) is 1.79. The smallest absolute Gasteiger partial charge is 0.323 e. The molecule has 0 fully saturated rings. The van der Waals surface area contributed by atoms with Gasteiger partial charge in [-0.15, -0.1) is 0 Å². The van der Waals surface area contributed by atoms with Crippen molar-refractivity contribution in [3.8, 4) is 0 Å². The van der Waals surface area contributed by atoms with Crippen LogP contribution in [0, 0.1) is 0 Å². The summed E-state index contributed by atoms with van der Waals surface area (Å²) < 4.78 is 0. The lowest BCUT2D eigenvalue weighted by atomic mass is 10.2. The average molecular weight is 285 g/mol. The molecule has 19 heavy (non-hydrogen) atoms. The maximum atomic E-state index is 12.0. The molecule has 104 valence electrons. The largest absolute Gasteiger partial charge is 0.480 e. The Morgan fingerprint density at radius 2 is 2.16 bits per heavy atom. The van der Waals surface area contributed by atoms with Crippen molar-refractivity contribution in [2.75, 3.05) is 24.5 Å². The van der Waals surface area contributed by atoms with Crippen molar-refractivity contribution >= 4 is 29.2 Å². The number of carbonyl (C=O) groups is 2. The number of carboxylic acids is 1. The van der Waals surface area contributed by atoms with E-state index in [1.165, 1.54) is 4.90 Å². The number of aliphatic carboxylic acids is 1. The molecular formula is C13H17ClN2O3. The fraction of sp³-hybridized carbons (Fsp3) is 0.385. The topological polar surface area (TPSA) is 69.6 Å². The van der Waals surface area contributed by atoms with E-state index in [4.69, 9.17) is 16.7 Å². The number of hydrogen-bond donors (Lipinski definition) is 2. The standard InChI is InChI=1S/C13H17ClN2O3/c1-2-15-7-6-12(17)16(9-13(18)19)11-5-3-4-10(14)8-11/h3-5,8,15H,2,6-7,9H2,1H3,(H,18,19). The van der Waals surface area contributed by atoms with Gasteiger partial charge in [0.25, 0.3) is 0 Å². The number of anilines is 1. The van der Waals surface area contributed by atoms with Gasteiger partial charge in [-0.1, -0.05) is 24.6 Å². The molecule has 0 aliphatic heterocycles. The quantitative estimate of drug-likeness (QED) is 0.749. The number of carboxylic acid groups (broad SMARTS) is 1. The van der Waals surface area contributed by atoms with E-state index in [1.54, 1.807) is 24.3 Å². The molecule has 0 aromatic heterocycles. The number of benzene rings is 1. The molecule has 0 spiro atoms. The molecule has 0 atom stereocenters. The van der Waals surface area contributed by atoms with Crippen LogP contribution in [0.25, 0.3) is 0 Å². The van der Waals surface area contributed by atoms with Crippen LogP contribution in [0.3, 0.4) is 0 Å². The predicted octanol–water partition coefficient (Wildman–Crippen LogP) is 1.76. The Balaban J connectivity index is 2.82. The van der Waals surface area contributed by atoms with Crippen LogP contribution in [0.5, 0.6) is 0 Å². The fourth-order valence-electron chi connectivity index (χ4n) is 1.61. The zero-order valence-electron chi connectivity index (χ0n) is 10.7. The minimum Gasteiger partial charge on any atom is -0.480 e. The lowest BCUT2D eigenvalue weighted by molar-refractivity contribution is -0.136. The van der Waals surface area contributed by atoms with Crippen LogP contribution in [-0.2, 0) is 9.59 Å². The Hall–Kier alpha value is -1.59. The number of nitrogens with one attached hydrogen (secondary N) is 1. The Bertz CT molecular complexity index is 451. The molecule has 0 radical (unpaired) electrons. The highest BCUT2D eigenvalue weighted by atomic mass is 35.5. The van der Waals surface area contributed by atoms with Gasteiger partial charge in [0.15, 0.2) is 0 Å². The summed E-state index contributed by atoms with van der Waals surface area (Å²) in [7, 11) is 0. The normalized spacial score (nSPS) is 10.2. The van der Waals surface area contributed by atoms with Gasteiger partial charge in [-0.3, -0.25) is 9.59 Å². The van der Waals surface area contributed by atoms with Gasteiger partial charge < -0.3 is 15.3 Å². The Morgan fingerprint density at radius 1 is 1.42 bits per heavy atom. The van der Waals surface area contributed by atoms with Crippen molar-refractivity contribution in [2.45, 2.75) is 13.3 Å². The van der Waals surface area contributed by atoms with Crippen molar-refractivity contribution in [3.63, 3.8) is 0 Å². The van der Waals surface area contributed by atoms with Crippen molar-refractivity contribution in [1.29, 1.82) is 0 Å². The maximum Gasteiger partial charge on any atom is 0.323 e. The Labute approximate surface area is 117 Å². The number of amides is 1. The van der Waals surface area contributed by atoms with Crippen LogP contribution < -0.4 is 10.2 Å². The first-order valence-electron chi connectivity index (χ1n) is 6.03. The minimum atomic E-state index is -1.06. The lowest BCUT2D eigenvalue weighted by Gasteiger charge is -2.21. The average Bonchev–Trinajstić information content (AvgIpc) is 2.36. The first kappa shape index (κ1) is 15.5. The summed E-state index contributed by atoms with van der Waals surface area (Å²) in [6.07, 6.45) is 0.244. The van der Waals surface area contributed by atoms with E-state index < -0.39 is 5.97 Å². The molecule has 1 aromatic carbocycles. The van der Waals surface area contributed by atoms with E-state index in [0.29, 0.717) is 17.3 Å². The molecule has 2 N–H and O–H groups in total. The molecule has 1 aromatic rings. The summed E-state index contributed by atoms with van der Waals surface area (Å²) in [6, 6.07) is 6.60. The van der Waals surface area contributed by atoms with Crippen LogP contribution >= 0.6 is 11.6 Å². The second-order valence-electron chi connectivity index (χ2n) is 3.96. The van der Waals surface area contributed by atoms with Crippen LogP contribution in [0.4, 0.5) is 5.69 Å². The first-order valence-corrected chi connectivity index (χ1v) is 6.40. The van der Waals surface area contributed by atoms with Gasteiger partial charge >= 0.3 is 5.97 Å². The molecule has 0 heterocycles. The molecular weight excluding hydrogens is 268 g/mol. The molecule has 0 saturated carbocycles. The number of rotatable bonds is 7. The van der Waals surface area contributed by atoms with Gasteiger partial charge in [0, 0.05) is 23.7 Å². The maximum absolute atomic E-state index is 12.0. The Morgan fingerprint density at radius 3 is 2.74 bits per heavy atom. The summed E-state index contributed by atoms with van der Waals surface area (Å²) in [5.41, 5.74) is 0.497. The van der Waals surface area contributed by atoms with E-state index in [1.807, 2.05) is 6.92 Å². The molecule has 1 rings (SSSR count). The highest BCUT2D eigenvalue weighted by Crippen LogP contribution is 2.20. The van der Waals surface area contributed by atoms with E-state index in [9.17, 15) is 9.59 Å². The van der Waals surface area contributed by atoms with Gasteiger partial charge in [0.05, 0.1) is 0 Å². The van der Waals surface area contributed by atoms with Crippen LogP contribution in [0.2, 0.25) is 5.02 Å². The molecule has 0 unspecified atom stereocenters. The van der Waals surface area contributed by atoms with Gasteiger partial charge in [-0.25, -0.2) is 0 Å². The minimum absolute atomic E-state index is 0.244. The van der Waals surface area contributed by atoms with E-state index >= 15 is 0 Å². The molecule has 5 nitrogen and oxygen atoms in total. The first-order chi connectivity index (χ1) is 9.04. The van der Waals surface area contributed by atoms with Crippen LogP contribution in [0.1, 0.15) is 13.3 Å². The molecule has 0 saturated heterocycles. The summed E-state index contributed by atoms with van der Waals surface area (Å²) in [5, 5.41) is 12.4. The van der Waals surface area contributed by atoms with Crippen molar-refractivity contribution in [3.05, 3.63) is 29.3 Å². The van der Waals surface area contributed by atoms with E-state index in [0.717, 1.165) is 6.54 Å². The highest BCUT2D eigenvalue weighted by molar-refractivity contribution is 6.30. The second kappa shape index (κ2) is 7.76. The highest BCUT2D eigenvalue weighted by Gasteiger charge is 2.18. The van der Waals surface area contributed by atoms with Gasteiger partial charge in [-0.2, -0.15) is 0 Å². The SMILES string of the molecule is CCNCCC(=O)N(CC(=O)O)c1cccc(Cl)c1. The van der Waals surface area contributed by atoms with Crippen molar-refractivity contribution < 1.29 is 14.7 Å². The third-order valence-electron chi connectivity index (χ3n) is 2.48. The molecule has 0 aliphatic carbocycles. The molecule has 1 amide bonds. The van der Waals surface area contributed by atoms with Crippen molar-refractivity contribution in [2.24, 2.45) is 0 Å². The second-order valence-corrected chi connectivity index (χ2v) is 4.39. The van der Waals surface area contributed by atoms with E-state index in [-0.39, 0.29) is 18.9 Å². The zero-order chi connectivity index (χ0) is 14.3. The zero-order valence-corrected chi connectivity index (χ0v) is 11.5. The molecule has 0 aliphatic rings. The van der Waals surface area contributed by atoms with Gasteiger partial charge in [-0.05, 0) is 24.7 Å². The summed E-state index contributed by atoms with van der Waals surface area (Å²) in [6.45, 7) is 2.86. The number of carbonyl (C=O) groups excluding carboxylic acids is 1.